The maximum atomic E-state index is 5.97. The van der Waals surface area contributed by atoms with Crippen molar-refractivity contribution in [3.63, 3.8) is 0 Å². The maximum absolute atomic E-state index is 5.97. The summed E-state index contributed by atoms with van der Waals surface area (Å²) in [6, 6.07) is 2.05. The highest BCUT2D eigenvalue weighted by Gasteiger charge is 2.23. The topological polar surface area (TPSA) is 70.3 Å². The van der Waals surface area contributed by atoms with Crippen LogP contribution in [0.3, 0.4) is 0 Å². The van der Waals surface area contributed by atoms with Crippen LogP contribution in [-0.2, 0) is 6.42 Å². The van der Waals surface area contributed by atoms with Gasteiger partial charge in [0.2, 0.25) is 0 Å². The second kappa shape index (κ2) is 15.4. The molecule has 3 N–H and O–H groups in total. The molecule has 1 unspecified atom stereocenters. The lowest BCUT2D eigenvalue weighted by atomic mass is 9.88. The first-order valence-electron chi connectivity index (χ1n) is 14.2. The van der Waals surface area contributed by atoms with E-state index < -0.39 is 0 Å². The van der Waals surface area contributed by atoms with Crippen molar-refractivity contribution in [1.82, 2.24) is 15.2 Å². The van der Waals surface area contributed by atoms with Crippen LogP contribution < -0.4 is 5.73 Å². The summed E-state index contributed by atoms with van der Waals surface area (Å²) in [7, 11) is 2.05. The number of hydrogen-bond donors (Lipinski definition) is 2. The van der Waals surface area contributed by atoms with Crippen LogP contribution in [0.15, 0.2) is 84.2 Å². The Balaban J connectivity index is 1.96. The van der Waals surface area contributed by atoms with Crippen LogP contribution in [0.2, 0.25) is 0 Å². The van der Waals surface area contributed by atoms with Gasteiger partial charge >= 0.3 is 0 Å². The van der Waals surface area contributed by atoms with E-state index in [0.717, 1.165) is 31.4 Å². The van der Waals surface area contributed by atoms with Gasteiger partial charge in [-0.15, -0.1) is 0 Å². The van der Waals surface area contributed by atoms with Crippen molar-refractivity contribution in [2.24, 2.45) is 22.7 Å². The Morgan fingerprint density at radius 2 is 2.10 bits per heavy atom. The zero-order valence-corrected chi connectivity index (χ0v) is 26.4. The third-order valence-corrected chi connectivity index (χ3v) is 9.71. The molecule has 0 saturated heterocycles. The first-order valence-corrected chi connectivity index (χ1v) is 15.9. The molecule has 0 amide bonds. The summed E-state index contributed by atoms with van der Waals surface area (Å²) in [5.41, 5.74) is 12.8. The van der Waals surface area contributed by atoms with Gasteiger partial charge in [0.05, 0.1) is 17.8 Å². The molecule has 1 aromatic heterocycles. The summed E-state index contributed by atoms with van der Waals surface area (Å²) >= 11 is 3.44. The Hall–Kier alpha value is -2.38. The third kappa shape index (κ3) is 9.64. The summed E-state index contributed by atoms with van der Waals surface area (Å²) < 4.78 is 0. The van der Waals surface area contributed by atoms with Crippen molar-refractivity contribution in [3.05, 3.63) is 84.8 Å². The Labute approximate surface area is 244 Å². The Kier molecular flexibility index (Phi) is 12.3. The molecule has 39 heavy (non-hydrogen) atoms. The predicted molar refractivity (Wildman–Crippen MR) is 173 cm³/mol. The first kappa shape index (κ1) is 31.2. The summed E-state index contributed by atoms with van der Waals surface area (Å²) in [4.78, 5) is 3.85. The standard InChI is InChI=1S/C32H47N5S2/c1-8-22(3)17-30(38-25(6)33)21-37(7)35-20-31-27(18-26-11-10-12-26)14-13-23(4)24(5)32(31)39-29(9-2)19-28-15-16-34-36-28/h9,15-18,20,22-23H,6,8,10-14,19,21,33H2,1-5,7H3,(H,34,36)/b29-9+,30-17-,35-20-/t22?,23-/m1/s1. The van der Waals surface area contributed by atoms with Crippen LogP contribution in [0.4, 0.5) is 0 Å². The van der Waals surface area contributed by atoms with Crippen molar-refractivity contribution >= 4 is 29.7 Å². The number of nitrogens with two attached hydrogens (primary N) is 1. The molecule has 7 heteroatoms. The average molecular weight is 566 g/mol. The number of hydrogen-bond acceptors (Lipinski definition) is 6. The summed E-state index contributed by atoms with van der Waals surface area (Å²) in [5.74, 6) is 1.01. The Morgan fingerprint density at radius 3 is 2.69 bits per heavy atom. The van der Waals surface area contributed by atoms with E-state index >= 15 is 0 Å². The number of thioether (sulfide) groups is 2. The fraction of sp³-hybridized carbons (Fsp3) is 0.500. The van der Waals surface area contributed by atoms with E-state index in [0.29, 0.717) is 23.4 Å². The van der Waals surface area contributed by atoms with Gasteiger partial charge < -0.3 is 5.73 Å². The lowest BCUT2D eigenvalue weighted by Crippen LogP contribution is -2.15. The number of nitrogens with zero attached hydrogens (tertiary/aromatic N) is 3. The first-order chi connectivity index (χ1) is 18.7. The number of H-pyrrole nitrogens is 1. The fourth-order valence-corrected chi connectivity index (χ4v) is 6.70. The lowest BCUT2D eigenvalue weighted by molar-refractivity contribution is 0.393. The van der Waals surface area contributed by atoms with Gasteiger partial charge in [-0.05, 0) is 74.3 Å². The molecule has 1 aromatic rings. The van der Waals surface area contributed by atoms with Crippen molar-refractivity contribution < 1.29 is 0 Å². The zero-order chi connectivity index (χ0) is 28.4. The summed E-state index contributed by atoms with van der Waals surface area (Å²) in [5, 5.41) is 14.9. The maximum Gasteiger partial charge on any atom is 0.0667 e. The Morgan fingerprint density at radius 1 is 1.33 bits per heavy atom. The van der Waals surface area contributed by atoms with Crippen LogP contribution in [0, 0.1) is 11.8 Å². The molecule has 1 saturated carbocycles. The molecule has 212 valence electrons. The van der Waals surface area contributed by atoms with Crippen LogP contribution in [0.5, 0.6) is 0 Å². The molecule has 5 nitrogen and oxygen atoms in total. The van der Waals surface area contributed by atoms with Crippen LogP contribution in [-0.4, -0.2) is 35.0 Å². The van der Waals surface area contributed by atoms with E-state index in [4.69, 9.17) is 10.8 Å². The molecule has 2 aliphatic rings. The van der Waals surface area contributed by atoms with Crippen LogP contribution in [0.1, 0.15) is 78.8 Å². The van der Waals surface area contributed by atoms with E-state index in [1.54, 1.807) is 17.3 Å². The minimum absolute atomic E-state index is 0.485. The molecule has 2 aliphatic carbocycles. The highest BCUT2D eigenvalue weighted by atomic mass is 32.2. The number of nitrogens with one attached hydrogen (secondary N) is 1. The molecule has 3 rings (SSSR count). The molecule has 0 spiro atoms. The molecule has 2 atom stereocenters. The van der Waals surface area contributed by atoms with Crippen LogP contribution >= 0.6 is 23.5 Å². The number of aromatic amines is 1. The van der Waals surface area contributed by atoms with E-state index in [1.807, 2.05) is 30.0 Å². The summed E-state index contributed by atoms with van der Waals surface area (Å²) in [6.45, 7) is 15.9. The number of aromatic nitrogens is 2. The van der Waals surface area contributed by atoms with E-state index in [9.17, 15) is 0 Å². The molecule has 0 aliphatic heterocycles. The van der Waals surface area contributed by atoms with Crippen molar-refractivity contribution in [2.45, 2.75) is 79.6 Å². The fourth-order valence-electron chi connectivity index (χ4n) is 4.55. The smallest absolute Gasteiger partial charge is 0.0667 e. The number of hydrazone groups is 1. The van der Waals surface area contributed by atoms with Gasteiger partial charge in [-0.25, -0.2) is 0 Å². The van der Waals surface area contributed by atoms with E-state index in [2.05, 4.69) is 81.9 Å². The molecular formula is C32H47N5S2. The minimum atomic E-state index is 0.485. The van der Waals surface area contributed by atoms with Gasteiger partial charge in [0, 0.05) is 40.7 Å². The number of allylic oxidation sites excluding steroid dienone is 8. The molecule has 0 bridgehead atoms. The van der Waals surface area contributed by atoms with Crippen molar-refractivity contribution in [1.29, 1.82) is 0 Å². The third-order valence-electron chi connectivity index (χ3n) is 7.53. The largest absolute Gasteiger partial charge is 0.394 e. The Bertz CT molecular complexity index is 1160. The van der Waals surface area contributed by atoms with Gasteiger partial charge in [-0.1, -0.05) is 86.7 Å². The normalized spacial score (nSPS) is 19.8. The van der Waals surface area contributed by atoms with Gasteiger partial charge in [-0.3, -0.25) is 10.1 Å². The molecule has 1 fully saturated rings. The monoisotopic (exact) mass is 565 g/mol. The summed E-state index contributed by atoms with van der Waals surface area (Å²) in [6.07, 6.45) is 18.9. The lowest BCUT2D eigenvalue weighted by Gasteiger charge is -2.20. The second-order valence-electron chi connectivity index (χ2n) is 10.8. The predicted octanol–water partition coefficient (Wildman–Crippen LogP) is 8.71. The quantitative estimate of drug-likeness (QED) is 0.185. The zero-order valence-electron chi connectivity index (χ0n) is 24.7. The highest BCUT2D eigenvalue weighted by molar-refractivity contribution is 8.07. The number of likely N-dealkylation sites (N-methyl/N-ethyl adjacent to an activating group) is 1. The SMILES string of the molecule is C=C(N)S/C(=C\C(C)CC)CN(C)/N=C\C1=C(C=C2CCC2)CC[C@@H](C)C(C)=C1S/C(=C/C)Cc1ccn[nH]1. The van der Waals surface area contributed by atoms with E-state index in [1.165, 1.54) is 50.7 Å². The van der Waals surface area contributed by atoms with Gasteiger partial charge in [0.15, 0.2) is 0 Å². The minimum Gasteiger partial charge on any atom is -0.394 e. The van der Waals surface area contributed by atoms with E-state index in [-0.39, 0.29) is 0 Å². The molecular weight excluding hydrogens is 519 g/mol. The second-order valence-corrected chi connectivity index (χ2v) is 13.2. The van der Waals surface area contributed by atoms with Crippen LogP contribution in [0.25, 0.3) is 0 Å². The molecule has 0 radical (unpaired) electrons. The number of rotatable bonds is 13. The van der Waals surface area contributed by atoms with Crippen molar-refractivity contribution in [2.75, 3.05) is 13.6 Å². The average Bonchev–Trinajstić information content (AvgIpc) is 3.35. The molecule has 1 heterocycles. The molecule has 0 aromatic carbocycles. The van der Waals surface area contributed by atoms with Gasteiger partial charge in [0.25, 0.3) is 0 Å². The van der Waals surface area contributed by atoms with Gasteiger partial charge in [0.1, 0.15) is 0 Å². The van der Waals surface area contributed by atoms with Gasteiger partial charge in [-0.2, -0.15) is 10.2 Å². The highest BCUT2D eigenvalue weighted by Crippen LogP contribution is 2.43. The van der Waals surface area contributed by atoms with Crippen molar-refractivity contribution in [3.8, 4) is 0 Å².